The molecule has 1 aliphatic rings. The SMILES string of the molecule is C[C@@H]1CN(c2ccc(I)cc2N)C[C@H](C)O1. The van der Waals surface area contributed by atoms with Crippen molar-refractivity contribution in [3.05, 3.63) is 21.8 Å². The van der Waals surface area contributed by atoms with Gasteiger partial charge in [-0.05, 0) is 54.6 Å². The quantitative estimate of drug-likeness (QED) is 0.634. The van der Waals surface area contributed by atoms with Crippen molar-refractivity contribution in [1.29, 1.82) is 0 Å². The number of morpholine rings is 1. The molecule has 0 unspecified atom stereocenters. The molecule has 3 nitrogen and oxygen atoms in total. The van der Waals surface area contributed by atoms with Gasteiger partial charge in [0.15, 0.2) is 0 Å². The van der Waals surface area contributed by atoms with Gasteiger partial charge in [-0.1, -0.05) is 0 Å². The number of nitrogens with zero attached hydrogens (tertiary/aromatic N) is 1. The summed E-state index contributed by atoms with van der Waals surface area (Å²) in [5.74, 6) is 0. The highest BCUT2D eigenvalue weighted by Crippen LogP contribution is 2.27. The van der Waals surface area contributed by atoms with Gasteiger partial charge < -0.3 is 15.4 Å². The van der Waals surface area contributed by atoms with E-state index in [-0.39, 0.29) is 12.2 Å². The maximum atomic E-state index is 6.06. The molecule has 16 heavy (non-hydrogen) atoms. The predicted molar refractivity (Wildman–Crippen MR) is 75.8 cm³/mol. The Kier molecular flexibility index (Phi) is 3.59. The Labute approximate surface area is 110 Å². The van der Waals surface area contributed by atoms with Gasteiger partial charge in [-0.25, -0.2) is 0 Å². The van der Waals surface area contributed by atoms with Crippen LogP contribution in [0.2, 0.25) is 0 Å². The number of benzene rings is 1. The van der Waals surface area contributed by atoms with E-state index in [0.717, 1.165) is 24.5 Å². The summed E-state index contributed by atoms with van der Waals surface area (Å²) in [6.45, 7) is 6.03. The molecule has 2 atom stereocenters. The molecular formula is C12H17IN2O. The summed E-state index contributed by atoms with van der Waals surface area (Å²) in [4.78, 5) is 2.31. The number of ether oxygens (including phenoxy) is 1. The molecule has 1 heterocycles. The van der Waals surface area contributed by atoms with Crippen LogP contribution >= 0.6 is 22.6 Å². The summed E-state index contributed by atoms with van der Waals surface area (Å²) in [6.07, 6.45) is 0.532. The molecule has 2 rings (SSSR count). The van der Waals surface area contributed by atoms with Gasteiger partial charge in [0, 0.05) is 16.7 Å². The molecule has 1 saturated heterocycles. The first-order valence-electron chi connectivity index (χ1n) is 5.51. The minimum atomic E-state index is 0.266. The van der Waals surface area contributed by atoms with Crippen LogP contribution in [0.4, 0.5) is 11.4 Å². The lowest BCUT2D eigenvalue weighted by Gasteiger charge is -2.37. The summed E-state index contributed by atoms with van der Waals surface area (Å²) >= 11 is 2.28. The molecule has 1 aromatic carbocycles. The van der Waals surface area contributed by atoms with Gasteiger partial charge >= 0.3 is 0 Å². The third-order valence-electron chi connectivity index (χ3n) is 2.75. The molecular weight excluding hydrogens is 315 g/mol. The van der Waals surface area contributed by atoms with E-state index in [2.05, 4.69) is 53.5 Å². The first-order valence-corrected chi connectivity index (χ1v) is 6.59. The second-order valence-electron chi connectivity index (χ2n) is 4.37. The fourth-order valence-corrected chi connectivity index (χ4v) is 2.70. The summed E-state index contributed by atoms with van der Waals surface area (Å²) in [5, 5.41) is 0. The average Bonchev–Trinajstić information content (AvgIpc) is 2.15. The van der Waals surface area contributed by atoms with Crippen molar-refractivity contribution in [1.82, 2.24) is 0 Å². The zero-order chi connectivity index (χ0) is 11.7. The molecule has 88 valence electrons. The van der Waals surface area contributed by atoms with Gasteiger partial charge in [-0.15, -0.1) is 0 Å². The summed E-state index contributed by atoms with van der Waals surface area (Å²) in [6, 6.07) is 6.21. The van der Waals surface area contributed by atoms with Crippen molar-refractivity contribution >= 4 is 34.0 Å². The number of hydrogen-bond acceptors (Lipinski definition) is 3. The van der Waals surface area contributed by atoms with Crippen molar-refractivity contribution in [3.8, 4) is 0 Å². The van der Waals surface area contributed by atoms with Gasteiger partial charge in [0.2, 0.25) is 0 Å². The van der Waals surface area contributed by atoms with Crippen molar-refractivity contribution in [3.63, 3.8) is 0 Å². The second-order valence-corrected chi connectivity index (χ2v) is 5.61. The first kappa shape index (κ1) is 12.0. The minimum absolute atomic E-state index is 0.266. The molecule has 0 saturated carbocycles. The van der Waals surface area contributed by atoms with Crippen LogP contribution < -0.4 is 10.6 Å². The van der Waals surface area contributed by atoms with Crippen molar-refractivity contribution in [2.45, 2.75) is 26.1 Å². The van der Waals surface area contributed by atoms with E-state index in [1.165, 1.54) is 3.57 Å². The van der Waals surface area contributed by atoms with Crippen LogP contribution in [-0.4, -0.2) is 25.3 Å². The van der Waals surface area contributed by atoms with Crippen molar-refractivity contribution < 1.29 is 4.74 Å². The minimum Gasteiger partial charge on any atom is -0.397 e. The van der Waals surface area contributed by atoms with Crippen LogP contribution in [-0.2, 0) is 4.74 Å². The van der Waals surface area contributed by atoms with Crippen LogP contribution in [0.1, 0.15) is 13.8 Å². The molecule has 0 aliphatic carbocycles. The number of nitrogens with two attached hydrogens (primary N) is 1. The molecule has 0 bridgehead atoms. The van der Waals surface area contributed by atoms with E-state index in [0.29, 0.717) is 0 Å². The van der Waals surface area contributed by atoms with Crippen molar-refractivity contribution in [2.24, 2.45) is 0 Å². The fourth-order valence-electron chi connectivity index (χ4n) is 2.19. The molecule has 0 amide bonds. The highest BCUT2D eigenvalue weighted by atomic mass is 127. The van der Waals surface area contributed by atoms with E-state index in [1.807, 2.05) is 6.07 Å². The van der Waals surface area contributed by atoms with E-state index in [9.17, 15) is 0 Å². The topological polar surface area (TPSA) is 38.5 Å². The van der Waals surface area contributed by atoms with Crippen LogP contribution in [0.3, 0.4) is 0 Å². The lowest BCUT2D eigenvalue weighted by atomic mass is 10.2. The lowest BCUT2D eigenvalue weighted by Crippen LogP contribution is -2.45. The molecule has 1 fully saturated rings. The Morgan fingerprint density at radius 2 is 1.94 bits per heavy atom. The average molecular weight is 332 g/mol. The third kappa shape index (κ3) is 2.60. The van der Waals surface area contributed by atoms with Crippen molar-refractivity contribution in [2.75, 3.05) is 23.7 Å². The van der Waals surface area contributed by atoms with Crippen LogP contribution in [0.25, 0.3) is 0 Å². The summed E-state index contributed by atoms with van der Waals surface area (Å²) in [7, 11) is 0. The molecule has 2 N–H and O–H groups in total. The molecule has 0 aromatic heterocycles. The molecule has 4 heteroatoms. The van der Waals surface area contributed by atoms with E-state index >= 15 is 0 Å². The normalized spacial score (nSPS) is 25.8. The molecule has 0 radical (unpaired) electrons. The Hall–Kier alpha value is -0.490. The number of nitrogen functional groups attached to an aromatic ring is 1. The predicted octanol–water partition coefficient (Wildman–Crippen LogP) is 2.49. The van der Waals surface area contributed by atoms with Crippen LogP contribution in [0, 0.1) is 3.57 Å². The highest BCUT2D eigenvalue weighted by Gasteiger charge is 2.23. The van der Waals surface area contributed by atoms with E-state index < -0.39 is 0 Å². The first-order chi connectivity index (χ1) is 7.56. The Morgan fingerprint density at radius 3 is 2.50 bits per heavy atom. The molecule has 1 aliphatic heterocycles. The highest BCUT2D eigenvalue weighted by molar-refractivity contribution is 14.1. The number of anilines is 2. The number of rotatable bonds is 1. The standard InChI is InChI=1S/C12H17IN2O/c1-8-6-15(7-9(2)16-8)12-4-3-10(13)5-11(12)14/h3-5,8-9H,6-7,14H2,1-2H3/t8-,9+. The van der Waals surface area contributed by atoms with Gasteiger partial charge in [0.1, 0.15) is 0 Å². The van der Waals surface area contributed by atoms with Gasteiger partial charge in [0.05, 0.1) is 23.6 Å². The summed E-state index contributed by atoms with van der Waals surface area (Å²) in [5.41, 5.74) is 8.04. The van der Waals surface area contributed by atoms with Gasteiger partial charge in [0.25, 0.3) is 0 Å². The third-order valence-corrected chi connectivity index (χ3v) is 3.42. The Morgan fingerprint density at radius 1 is 1.31 bits per heavy atom. The fraction of sp³-hybridized carbons (Fsp3) is 0.500. The smallest absolute Gasteiger partial charge is 0.0726 e. The van der Waals surface area contributed by atoms with Crippen LogP contribution in [0.5, 0.6) is 0 Å². The van der Waals surface area contributed by atoms with Gasteiger partial charge in [-0.2, -0.15) is 0 Å². The zero-order valence-corrected chi connectivity index (χ0v) is 11.8. The second kappa shape index (κ2) is 4.79. The Balaban J connectivity index is 2.23. The molecule has 0 spiro atoms. The monoisotopic (exact) mass is 332 g/mol. The largest absolute Gasteiger partial charge is 0.397 e. The van der Waals surface area contributed by atoms with Crippen LogP contribution in [0.15, 0.2) is 18.2 Å². The van der Waals surface area contributed by atoms with E-state index in [4.69, 9.17) is 10.5 Å². The number of halogens is 1. The van der Waals surface area contributed by atoms with E-state index in [1.54, 1.807) is 0 Å². The Bertz CT molecular complexity index is 373. The molecule has 1 aromatic rings. The van der Waals surface area contributed by atoms with Gasteiger partial charge in [-0.3, -0.25) is 0 Å². The lowest BCUT2D eigenvalue weighted by molar-refractivity contribution is -0.00517. The maximum absolute atomic E-state index is 6.06. The summed E-state index contributed by atoms with van der Waals surface area (Å²) < 4.78 is 6.89. The maximum Gasteiger partial charge on any atom is 0.0726 e. The number of hydrogen-bond donors (Lipinski definition) is 1. The zero-order valence-electron chi connectivity index (χ0n) is 9.61.